The molecule has 0 bridgehead atoms. The molecule has 1 aromatic rings. The van der Waals surface area contributed by atoms with Gasteiger partial charge in [-0.25, -0.2) is 0 Å². The van der Waals surface area contributed by atoms with E-state index >= 15 is 0 Å². The summed E-state index contributed by atoms with van der Waals surface area (Å²) in [5, 5.41) is 3.57. The molecule has 0 nitrogen and oxygen atoms in total. The molecule has 0 N–H and O–H groups in total. The fraction of sp³-hybridized carbons (Fsp3) is 0.769. The zero-order valence-corrected chi connectivity index (χ0v) is 24.8. The topological polar surface area (TPSA) is 0 Å². The van der Waals surface area contributed by atoms with Gasteiger partial charge < -0.3 is 17.3 Å². The molecule has 0 aromatic heterocycles. The second-order valence-electron chi connectivity index (χ2n) is 10.2. The maximum atomic E-state index is 9.75. The maximum absolute atomic E-state index is 9.75. The first-order valence-corrected chi connectivity index (χ1v) is 16.1. The Bertz CT molecular complexity index is 598. The predicted octanol–water partition coefficient (Wildman–Crippen LogP) is 9.46. The van der Waals surface area contributed by atoms with Crippen LogP contribution >= 0.6 is 15.8 Å². The number of rotatable bonds is 2. The Morgan fingerprint density at radius 2 is 0.765 bits per heavy atom. The first-order valence-electron chi connectivity index (χ1n) is 13.1. The van der Waals surface area contributed by atoms with Crippen LogP contribution in [0.2, 0.25) is 0 Å². The van der Waals surface area contributed by atoms with Crippen LogP contribution in [0.3, 0.4) is 0 Å². The van der Waals surface area contributed by atoms with Crippen LogP contribution in [0.1, 0.15) is 105 Å². The molecule has 0 amide bonds. The molecule has 3 aliphatic rings. The molecule has 2 saturated heterocycles. The van der Waals surface area contributed by atoms with Gasteiger partial charge in [0.25, 0.3) is 0 Å². The van der Waals surface area contributed by atoms with Crippen LogP contribution in [0.25, 0.3) is 0 Å². The van der Waals surface area contributed by atoms with Gasteiger partial charge in [-0.15, -0.1) is 0 Å². The first-order chi connectivity index (χ1) is 15.6. The molecule has 2 heterocycles. The molecule has 4 atom stereocenters. The molecule has 2 aliphatic heterocycles. The van der Waals surface area contributed by atoms with Crippen molar-refractivity contribution in [1.29, 1.82) is 0 Å². The smallest absolute Gasteiger partial charge is 0.418 e. The minimum atomic E-state index is -6.00. The van der Waals surface area contributed by atoms with Gasteiger partial charge in [0.2, 0.25) is 0 Å². The average Bonchev–Trinajstić information content (AvgIpc) is 3.21. The molecular weight excluding hydrogens is 564 g/mol. The normalized spacial score (nSPS) is 28.5. The number of hydrogen-bond acceptors (Lipinski definition) is 0. The third kappa shape index (κ3) is 11.3. The van der Waals surface area contributed by atoms with Gasteiger partial charge in [0.15, 0.2) is 0 Å². The molecule has 1 saturated carbocycles. The van der Waals surface area contributed by atoms with E-state index in [1.807, 2.05) is 0 Å². The third-order valence-electron chi connectivity index (χ3n) is 7.34. The molecule has 1 radical (unpaired) electrons. The van der Waals surface area contributed by atoms with Crippen LogP contribution in [0.5, 0.6) is 0 Å². The summed E-state index contributed by atoms with van der Waals surface area (Å²) in [5.41, 5.74) is 3.74. The molecule has 8 heteroatoms. The van der Waals surface area contributed by atoms with Crippen LogP contribution in [0.15, 0.2) is 24.3 Å². The number of halogens is 4. The number of hydrogen-bond donors (Lipinski definition) is 0. The molecule has 1 aliphatic carbocycles. The van der Waals surface area contributed by atoms with Gasteiger partial charge in [-0.1, -0.05) is 119 Å². The van der Waals surface area contributed by atoms with Crippen molar-refractivity contribution in [2.45, 2.75) is 127 Å². The average molecular weight is 608 g/mol. The minimum absolute atomic E-state index is 0. The van der Waals surface area contributed by atoms with Gasteiger partial charge in [-0.2, -0.15) is 0 Å². The van der Waals surface area contributed by atoms with E-state index in [-0.39, 0.29) is 35.3 Å². The fourth-order valence-corrected chi connectivity index (χ4v) is 12.9. The molecule has 34 heavy (non-hydrogen) atoms. The summed E-state index contributed by atoms with van der Waals surface area (Å²) in [6.45, 7) is 10.0. The van der Waals surface area contributed by atoms with Gasteiger partial charge in [-0.3, -0.25) is 0 Å². The molecule has 0 unspecified atom stereocenters. The molecular formula is C26H44BF4P2Rh-. The molecule has 199 valence electrons. The zero-order chi connectivity index (χ0) is 24.4. The van der Waals surface area contributed by atoms with Gasteiger partial charge in [0.05, 0.1) is 0 Å². The Balaban J connectivity index is 0.000000343. The Morgan fingerprint density at radius 3 is 0.971 bits per heavy atom. The third-order valence-corrected chi connectivity index (χ3v) is 14.2. The van der Waals surface area contributed by atoms with E-state index in [4.69, 9.17) is 0 Å². The molecule has 1 aromatic carbocycles. The Morgan fingerprint density at radius 1 is 0.559 bits per heavy atom. The molecule has 4 rings (SSSR count). The van der Waals surface area contributed by atoms with Crippen molar-refractivity contribution in [2.75, 3.05) is 0 Å². The van der Waals surface area contributed by atoms with Crippen molar-refractivity contribution >= 4 is 33.7 Å². The largest absolute Gasteiger partial charge is 0.673 e. The Hall–Kier alpha value is 0.488. The summed E-state index contributed by atoms with van der Waals surface area (Å²) >= 11 is 0. The summed E-state index contributed by atoms with van der Waals surface area (Å²) in [4.78, 5) is 0. The van der Waals surface area contributed by atoms with Crippen molar-refractivity contribution in [3.63, 3.8) is 0 Å². The maximum Gasteiger partial charge on any atom is 0.673 e. The van der Waals surface area contributed by atoms with Crippen molar-refractivity contribution in [3.8, 4) is 0 Å². The van der Waals surface area contributed by atoms with Crippen molar-refractivity contribution in [3.05, 3.63) is 24.3 Å². The van der Waals surface area contributed by atoms with Crippen LogP contribution in [0, 0.1) is 0 Å². The summed E-state index contributed by atoms with van der Waals surface area (Å²) in [7, 11) is -5.84. The van der Waals surface area contributed by atoms with Gasteiger partial charge in [0.1, 0.15) is 0 Å². The van der Waals surface area contributed by atoms with E-state index in [0.29, 0.717) is 0 Å². The summed E-state index contributed by atoms with van der Waals surface area (Å²) in [6, 6.07) is 9.55. The molecule has 3 fully saturated rings. The van der Waals surface area contributed by atoms with Crippen molar-refractivity contribution in [2.24, 2.45) is 0 Å². The summed E-state index contributed by atoms with van der Waals surface area (Å²) in [5.74, 6) is 0. The van der Waals surface area contributed by atoms with Crippen LogP contribution < -0.4 is 10.6 Å². The van der Waals surface area contributed by atoms with E-state index in [9.17, 15) is 17.3 Å². The van der Waals surface area contributed by atoms with Crippen LogP contribution in [0.4, 0.5) is 17.3 Å². The van der Waals surface area contributed by atoms with Gasteiger partial charge >= 0.3 is 7.25 Å². The first kappa shape index (κ1) is 32.5. The van der Waals surface area contributed by atoms with Crippen LogP contribution in [-0.4, -0.2) is 29.9 Å². The predicted molar refractivity (Wildman–Crippen MR) is 143 cm³/mol. The Kier molecular flexibility index (Phi) is 15.6. The Labute approximate surface area is 221 Å². The minimum Gasteiger partial charge on any atom is -0.418 e. The van der Waals surface area contributed by atoms with E-state index in [0.717, 1.165) is 22.6 Å². The van der Waals surface area contributed by atoms with E-state index < -0.39 is 7.25 Å². The van der Waals surface area contributed by atoms with E-state index in [1.54, 1.807) is 10.6 Å². The second kappa shape index (κ2) is 16.4. The molecule has 0 spiro atoms. The fourth-order valence-electron chi connectivity index (χ4n) is 5.65. The quantitative estimate of drug-likeness (QED) is 0.178. The van der Waals surface area contributed by atoms with E-state index in [1.165, 1.54) is 77.0 Å². The van der Waals surface area contributed by atoms with Gasteiger partial charge in [-0.05, 0) is 58.9 Å². The van der Waals surface area contributed by atoms with Crippen molar-refractivity contribution < 1.29 is 36.7 Å². The van der Waals surface area contributed by atoms with E-state index in [2.05, 4.69) is 52.0 Å². The number of benzene rings is 1. The van der Waals surface area contributed by atoms with Crippen LogP contribution in [-0.2, 0) is 19.5 Å². The van der Waals surface area contributed by atoms with Crippen molar-refractivity contribution in [1.82, 2.24) is 0 Å². The summed E-state index contributed by atoms with van der Waals surface area (Å²) in [6.07, 6.45) is 17.8. The monoisotopic (exact) mass is 608 g/mol. The zero-order valence-electron chi connectivity index (χ0n) is 21.4. The summed E-state index contributed by atoms with van der Waals surface area (Å²) < 4.78 is 39.0. The second-order valence-corrected chi connectivity index (χ2v) is 16.3. The SMILES string of the molecule is C1CCCCCCC1.C[C@H]1CC[C@H](C)P1c1ccccc1P1[C@@H](C)CC[C@@H]1C.F[B-](F)(F)F.[Rh]. The van der Waals surface area contributed by atoms with Gasteiger partial charge in [0, 0.05) is 19.5 Å². The standard InChI is InChI=1S/C18H28P2.C8H16.BF4.Rh/c1-13-9-10-14(2)19(13)17-7-5-6-8-18(17)20-15(3)11-12-16(20)4;1-2-4-6-8-7-5-3-1;2-1(3,4)5;/h5-8,13-16H,9-12H2,1-4H3;1-8H2;;/q;;-1;/t13-,14-,15-,16-;;;/m0.../s1.